The molecule has 2 rings (SSSR count). The van der Waals surface area contributed by atoms with E-state index in [9.17, 15) is 4.79 Å². The third-order valence-corrected chi connectivity index (χ3v) is 3.87. The summed E-state index contributed by atoms with van der Waals surface area (Å²) in [7, 11) is 1.44. The van der Waals surface area contributed by atoms with E-state index in [-0.39, 0.29) is 12.0 Å². The average molecular weight is 276 g/mol. The summed E-state index contributed by atoms with van der Waals surface area (Å²) in [5, 5.41) is 3.27. The van der Waals surface area contributed by atoms with Crippen LogP contribution in [-0.4, -0.2) is 38.8 Å². The zero-order valence-corrected chi connectivity index (χ0v) is 12.4. The van der Waals surface area contributed by atoms with Gasteiger partial charge in [0, 0.05) is 18.8 Å². The molecule has 20 heavy (non-hydrogen) atoms. The highest BCUT2D eigenvalue weighted by Crippen LogP contribution is 2.27. The zero-order valence-electron chi connectivity index (χ0n) is 12.4. The van der Waals surface area contributed by atoms with Crippen LogP contribution in [0.25, 0.3) is 0 Å². The van der Waals surface area contributed by atoms with Crippen molar-refractivity contribution >= 4 is 11.7 Å². The molecule has 1 aliphatic heterocycles. The Kier molecular flexibility index (Phi) is 5.41. The molecule has 0 aromatic heterocycles. The second-order valence-electron chi connectivity index (χ2n) is 5.16. The lowest BCUT2D eigenvalue weighted by molar-refractivity contribution is -0.143. The summed E-state index contributed by atoms with van der Waals surface area (Å²) in [6.45, 7) is 4.97. The van der Waals surface area contributed by atoms with Gasteiger partial charge in [0.15, 0.2) is 0 Å². The van der Waals surface area contributed by atoms with Crippen molar-refractivity contribution in [1.82, 2.24) is 5.32 Å². The van der Waals surface area contributed by atoms with E-state index in [0.717, 1.165) is 38.9 Å². The van der Waals surface area contributed by atoms with Crippen molar-refractivity contribution < 1.29 is 9.53 Å². The maximum absolute atomic E-state index is 11.5. The lowest BCUT2D eigenvalue weighted by Crippen LogP contribution is -2.38. The first-order valence-corrected chi connectivity index (χ1v) is 7.40. The van der Waals surface area contributed by atoms with E-state index in [1.165, 1.54) is 18.4 Å². The molecule has 1 N–H and O–H groups in total. The molecule has 0 radical (unpaired) electrons. The van der Waals surface area contributed by atoms with Crippen LogP contribution >= 0.6 is 0 Å². The minimum atomic E-state index is -0.175. The number of fused-ring (bicyclic) bond motifs is 1. The van der Waals surface area contributed by atoms with Gasteiger partial charge in [0.2, 0.25) is 0 Å². The molecule has 1 aromatic carbocycles. The van der Waals surface area contributed by atoms with E-state index >= 15 is 0 Å². The number of rotatable bonds is 7. The number of esters is 1. The molecule has 1 unspecified atom stereocenters. The van der Waals surface area contributed by atoms with Gasteiger partial charge >= 0.3 is 5.97 Å². The molecular formula is C16H24N2O2. The highest BCUT2D eigenvalue weighted by atomic mass is 16.5. The number of nitrogens with one attached hydrogen (secondary N) is 1. The highest BCUT2D eigenvalue weighted by Gasteiger charge is 2.18. The smallest absolute Gasteiger partial charge is 0.322 e. The van der Waals surface area contributed by atoms with Crippen molar-refractivity contribution in [3.05, 3.63) is 29.8 Å². The molecule has 4 heteroatoms. The maximum atomic E-state index is 11.5. The van der Waals surface area contributed by atoms with E-state index in [2.05, 4.69) is 34.5 Å². The van der Waals surface area contributed by atoms with Crippen molar-refractivity contribution in [1.29, 1.82) is 0 Å². The Labute approximate surface area is 121 Å². The van der Waals surface area contributed by atoms with E-state index < -0.39 is 0 Å². The number of anilines is 1. The molecule has 0 spiro atoms. The number of carbonyl (C=O) groups is 1. The van der Waals surface area contributed by atoms with Crippen LogP contribution < -0.4 is 10.2 Å². The van der Waals surface area contributed by atoms with Crippen LogP contribution in [0.3, 0.4) is 0 Å². The number of hydrogen-bond acceptors (Lipinski definition) is 4. The molecule has 1 aliphatic rings. The topological polar surface area (TPSA) is 41.6 Å². The Hall–Kier alpha value is -1.55. The molecule has 0 amide bonds. The molecule has 1 atom stereocenters. The number of hydrogen-bond donors (Lipinski definition) is 1. The molecule has 0 saturated heterocycles. The van der Waals surface area contributed by atoms with Gasteiger partial charge in [0.05, 0.1) is 7.11 Å². The second kappa shape index (κ2) is 7.29. The van der Waals surface area contributed by atoms with Crippen LogP contribution in [0.4, 0.5) is 5.69 Å². The van der Waals surface area contributed by atoms with Crippen LogP contribution in [0.5, 0.6) is 0 Å². The van der Waals surface area contributed by atoms with Gasteiger partial charge in [-0.05, 0) is 37.4 Å². The maximum Gasteiger partial charge on any atom is 0.322 e. The summed E-state index contributed by atoms with van der Waals surface area (Å²) in [5.74, 6) is -0.168. The molecule has 0 bridgehead atoms. The SMILES string of the molecule is CCC(NCCCN1CCc2ccccc21)C(=O)OC. The monoisotopic (exact) mass is 276 g/mol. The first kappa shape index (κ1) is 14.9. The zero-order chi connectivity index (χ0) is 14.4. The molecule has 0 saturated carbocycles. The third kappa shape index (κ3) is 3.51. The summed E-state index contributed by atoms with van der Waals surface area (Å²) in [5.41, 5.74) is 2.81. The van der Waals surface area contributed by atoms with Crippen molar-refractivity contribution in [2.45, 2.75) is 32.2 Å². The summed E-state index contributed by atoms with van der Waals surface area (Å²) < 4.78 is 4.77. The largest absolute Gasteiger partial charge is 0.468 e. The summed E-state index contributed by atoms with van der Waals surface area (Å²) >= 11 is 0. The Balaban J connectivity index is 1.73. The fraction of sp³-hybridized carbons (Fsp3) is 0.562. The van der Waals surface area contributed by atoms with Crippen LogP contribution in [0.15, 0.2) is 24.3 Å². The van der Waals surface area contributed by atoms with Gasteiger partial charge in [0.25, 0.3) is 0 Å². The Morgan fingerprint density at radius 2 is 2.25 bits per heavy atom. The number of nitrogens with zero attached hydrogens (tertiary/aromatic N) is 1. The predicted octanol–water partition coefficient (Wildman–Crippen LogP) is 1.98. The standard InChI is InChI=1S/C16H24N2O2/c1-3-14(16(19)20-2)17-10-6-11-18-12-9-13-7-4-5-8-15(13)18/h4-5,7-8,14,17H,3,6,9-12H2,1-2H3. The van der Waals surface area contributed by atoms with Gasteiger partial charge in [-0.25, -0.2) is 0 Å². The van der Waals surface area contributed by atoms with Crippen LogP contribution in [0, 0.1) is 0 Å². The number of para-hydroxylation sites is 1. The molecule has 110 valence electrons. The molecule has 0 aliphatic carbocycles. The number of ether oxygens (including phenoxy) is 1. The molecular weight excluding hydrogens is 252 g/mol. The van der Waals surface area contributed by atoms with Crippen molar-refractivity contribution in [3.8, 4) is 0 Å². The number of carbonyl (C=O) groups excluding carboxylic acids is 1. The third-order valence-electron chi connectivity index (χ3n) is 3.87. The second-order valence-corrected chi connectivity index (χ2v) is 5.16. The van der Waals surface area contributed by atoms with Crippen LogP contribution in [0.1, 0.15) is 25.3 Å². The van der Waals surface area contributed by atoms with Crippen molar-refractivity contribution in [2.24, 2.45) is 0 Å². The number of benzene rings is 1. The van der Waals surface area contributed by atoms with Gasteiger partial charge in [-0.3, -0.25) is 4.79 Å². The normalized spacial score (nSPS) is 15.0. The fourth-order valence-electron chi connectivity index (χ4n) is 2.72. The Bertz CT molecular complexity index is 448. The van der Waals surface area contributed by atoms with Crippen molar-refractivity contribution in [2.75, 3.05) is 31.6 Å². The van der Waals surface area contributed by atoms with E-state index in [1.54, 1.807) is 0 Å². The van der Waals surface area contributed by atoms with Crippen LogP contribution in [-0.2, 0) is 16.0 Å². The van der Waals surface area contributed by atoms with Crippen LogP contribution in [0.2, 0.25) is 0 Å². The summed E-state index contributed by atoms with van der Waals surface area (Å²) in [6, 6.07) is 8.42. The molecule has 1 heterocycles. The van der Waals surface area contributed by atoms with Crippen molar-refractivity contribution in [3.63, 3.8) is 0 Å². The quantitative estimate of drug-likeness (QED) is 0.611. The average Bonchev–Trinajstić information content (AvgIpc) is 2.90. The van der Waals surface area contributed by atoms with Gasteiger partial charge in [-0.15, -0.1) is 0 Å². The lowest BCUT2D eigenvalue weighted by Gasteiger charge is -2.20. The fourth-order valence-corrected chi connectivity index (χ4v) is 2.72. The highest BCUT2D eigenvalue weighted by molar-refractivity contribution is 5.75. The summed E-state index contributed by atoms with van der Waals surface area (Å²) in [6.07, 6.45) is 2.93. The van der Waals surface area contributed by atoms with Gasteiger partial charge < -0.3 is 15.0 Å². The number of methoxy groups -OCH3 is 1. The molecule has 4 nitrogen and oxygen atoms in total. The van der Waals surface area contributed by atoms with E-state index in [0.29, 0.717) is 0 Å². The summed E-state index contributed by atoms with van der Waals surface area (Å²) in [4.78, 5) is 13.9. The Morgan fingerprint density at radius 1 is 1.45 bits per heavy atom. The predicted molar refractivity (Wildman–Crippen MR) is 81.1 cm³/mol. The minimum Gasteiger partial charge on any atom is -0.468 e. The van der Waals surface area contributed by atoms with Gasteiger partial charge in [-0.2, -0.15) is 0 Å². The van der Waals surface area contributed by atoms with Gasteiger partial charge in [-0.1, -0.05) is 25.1 Å². The van der Waals surface area contributed by atoms with Gasteiger partial charge in [0.1, 0.15) is 6.04 Å². The van der Waals surface area contributed by atoms with E-state index in [4.69, 9.17) is 4.74 Å². The lowest BCUT2D eigenvalue weighted by atomic mass is 10.2. The first-order valence-electron chi connectivity index (χ1n) is 7.40. The molecule has 0 fully saturated rings. The Morgan fingerprint density at radius 3 is 3.00 bits per heavy atom. The minimum absolute atomic E-state index is 0.168. The first-order chi connectivity index (χ1) is 9.76. The van der Waals surface area contributed by atoms with E-state index in [1.807, 2.05) is 6.92 Å². The molecule has 1 aromatic rings.